The largest absolute Gasteiger partial charge is 0.496 e. The molecule has 0 atom stereocenters. The number of hydrogen-bond donors (Lipinski definition) is 0. The summed E-state index contributed by atoms with van der Waals surface area (Å²) in [5.41, 5.74) is 0.992. The Labute approximate surface area is 128 Å². The molecule has 0 aliphatic rings. The average molecular weight is 354 g/mol. The van der Waals surface area contributed by atoms with Gasteiger partial charge in [0, 0.05) is 10.0 Å². The molecule has 3 nitrogen and oxygen atoms in total. The second kappa shape index (κ2) is 6.55. The number of ether oxygens (including phenoxy) is 2. The highest BCUT2D eigenvalue weighted by Crippen LogP contribution is 2.27. The molecular weight excluding hydrogens is 344 g/mol. The maximum absolute atomic E-state index is 13.6. The van der Waals surface area contributed by atoms with Crippen molar-refractivity contribution in [1.82, 2.24) is 0 Å². The van der Waals surface area contributed by atoms with Gasteiger partial charge in [-0.15, -0.1) is 0 Å². The van der Waals surface area contributed by atoms with E-state index >= 15 is 0 Å². The number of nitriles is 1. The van der Waals surface area contributed by atoms with E-state index in [9.17, 15) is 8.78 Å². The quantitative estimate of drug-likeness (QED) is 0.774. The third kappa shape index (κ3) is 3.50. The summed E-state index contributed by atoms with van der Waals surface area (Å²) < 4.78 is 37.7. The summed E-state index contributed by atoms with van der Waals surface area (Å²) in [4.78, 5) is 0. The molecule has 0 aliphatic heterocycles. The van der Waals surface area contributed by atoms with Crippen LogP contribution in [0.2, 0.25) is 0 Å². The third-order valence-electron chi connectivity index (χ3n) is 2.75. The SMILES string of the molecule is COc1ccc(C#N)cc1COc1cc(Br)cc(F)c1F. The molecule has 0 fully saturated rings. The van der Waals surface area contributed by atoms with E-state index in [0.717, 1.165) is 6.07 Å². The lowest BCUT2D eigenvalue weighted by molar-refractivity contribution is 0.277. The molecule has 0 spiro atoms. The standard InChI is InChI=1S/C15H10BrF2NO2/c1-20-13-3-2-9(7-19)4-10(13)8-21-14-6-11(16)5-12(17)15(14)18/h2-6H,8H2,1H3. The summed E-state index contributed by atoms with van der Waals surface area (Å²) in [5.74, 6) is -1.78. The van der Waals surface area contributed by atoms with E-state index in [2.05, 4.69) is 15.9 Å². The molecule has 0 heterocycles. The zero-order chi connectivity index (χ0) is 15.4. The highest BCUT2D eigenvalue weighted by Gasteiger charge is 2.13. The van der Waals surface area contributed by atoms with Crippen LogP contribution in [-0.2, 0) is 6.61 Å². The highest BCUT2D eigenvalue weighted by molar-refractivity contribution is 9.10. The Balaban J connectivity index is 2.26. The number of rotatable bonds is 4. The number of methoxy groups -OCH3 is 1. The van der Waals surface area contributed by atoms with Crippen molar-refractivity contribution in [2.75, 3.05) is 7.11 Å². The second-order valence-electron chi connectivity index (χ2n) is 4.13. The normalized spacial score (nSPS) is 10.0. The monoisotopic (exact) mass is 353 g/mol. The van der Waals surface area contributed by atoms with Crippen LogP contribution >= 0.6 is 15.9 Å². The van der Waals surface area contributed by atoms with Crippen LogP contribution in [0.4, 0.5) is 8.78 Å². The smallest absolute Gasteiger partial charge is 0.200 e. The number of hydrogen-bond acceptors (Lipinski definition) is 3. The molecular formula is C15H10BrF2NO2. The minimum Gasteiger partial charge on any atom is -0.496 e. The number of nitrogens with zero attached hydrogens (tertiary/aromatic N) is 1. The van der Waals surface area contributed by atoms with Crippen LogP contribution in [0.1, 0.15) is 11.1 Å². The summed E-state index contributed by atoms with van der Waals surface area (Å²) in [6.07, 6.45) is 0. The molecule has 0 bridgehead atoms. The van der Waals surface area contributed by atoms with Gasteiger partial charge in [-0.3, -0.25) is 0 Å². The van der Waals surface area contributed by atoms with Crippen LogP contribution in [0.3, 0.4) is 0 Å². The van der Waals surface area contributed by atoms with Gasteiger partial charge in [-0.05, 0) is 30.3 Å². The molecule has 6 heteroatoms. The van der Waals surface area contributed by atoms with Crippen molar-refractivity contribution in [1.29, 1.82) is 5.26 Å². The topological polar surface area (TPSA) is 42.2 Å². The van der Waals surface area contributed by atoms with E-state index in [0.29, 0.717) is 21.3 Å². The molecule has 2 aromatic rings. The van der Waals surface area contributed by atoms with Crippen molar-refractivity contribution in [2.24, 2.45) is 0 Å². The Morgan fingerprint density at radius 1 is 1.19 bits per heavy atom. The molecule has 21 heavy (non-hydrogen) atoms. The molecule has 108 valence electrons. The molecule has 2 rings (SSSR count). The predicted octanol–water partition coefficient (Wildman–Crippen LogP) is 4.19. The molecule has 0 saturated heterocycles. The van der Waals surface area contributed by atoms with Gasteiger partial charge < -0.3 is 9.47 Å². The van der Waals surface area contributed by atoms with E-state index in [-0.39, 0.29) is 12.4 Å². The third-order valence-corrected chi connectivity index (χ3v) is 3.21. The van der Waals surface area contributed by atoms with Crippen LogP contribution < -0.4 is 9.47 Å². The Hall–Kier alpha value is -2.13. The minimum atomic E-state index is -1.06. The first-order valence-corrected chi connectivity index (χ1v) is 6.69. The van der Waals surface area contributed by atoms with Gasteiger partial charge in [-0.1, -0.05) is 15.9 Å². The van der Waals surface area contributed by atoms with Crippen molar-refractivity contribution < 1.29 is 18.3 Å². The lowest BCUT2D eigenvalue weighted by Crippen LogP contribution is -2.02. The van der Waals surface area contributed by atoms with Crippen LogP contribution in [-0.4, -0.2) is 7.11 Å². The van der Waals surface area contributed by atoms with Crippen molar-refractivity contribution in [2.45, 2.75) is 6.61 Å². The molecule has 0 aromatic heterocycles. The van der Waals surface area contributed by atoms with E-state index in [4.69, 9.17) is 14.7 Å². The van der Waals surface area contributed by atoms with Gasteiger partial charge in [0.1, 0.15) is 12.4 Å². The van der Waals surface area contributed by atoms with E-state index < -0.39 is 11.6 Å². The molecule has 0 aliphatic carbocycles. The van der Waals surface area contributed by atoms with Gasteiger partial charge in [-0.2, -0.15) is 9.65 Å². The molecule has 0 saturated carbocycles. The maximum atomic E-state index is 13.6. The van der Waals surface area contributed by atoms with Gasteiger partial charge in [-0.25, -0.2) is 4.39 Å². The maximum Gasteiger partial charge on any atom is 0.200 e. The summed E-state index contributed by atoms with van der Waals surface area (Å²) >= 11 is 3.07. The van der Waals surface area contributed by atoms with Crippen LogP contribution in [0.15, 0.2) is 34.8 Å². The lowest BCUT2D eigenvalue weighted by atomic mass is 10.1. The summed E-state index contributed by atoms with van der Waals surface area (Å²) in [7, 11) is 1.48. The first kappa shape index (κ1) is 15.3. The van der Waals surface area contributed by atoms with Crippen molar-refractivity contribution in [3.05, 3.63) is 57.6 Å². The number of halogens is 3. The summed E-state index contributed by atoms with van der Waals surface area (Å²) in [6, 6.07) is 9.13. The molecule has 0 unspecified atom stereocenters. The van der Waals surface area contributed by atoms with Crippen LogP contribution in [0.5, 0.6) is 11.5 Å². The first-order chi connectivity index (χ1) is 10.0. The minimum absolute atomic E-state index is 0.0501. The summed E-state index contributed by atoms with van der Waals surface area (Å²) in [5, 5.41) is 8.88. The van der Waals surface area contributed by atoms with Gasteiger partial charge in [0.25, 0.3) is 0 Å². The van der Waals surface area contributed by atoms with Crippen molar-refractivity contribution >= 4 is 15.9 Å². The molecule has 2 aromatic carbocycles. The van der Waals surface area contributed by atoms with E-state index in [1.807, 2.05) is 6.07 Å². The number of benzene rings is 2. The molecule has 0 N–H and O–H groups in total. The predicted molar refractivity (Wildman–Crippen MR) is 76.1 cm³/mol. The lowest BCUT2D eigenvalue weighted by Gasteiger charge is -2.11. The average Bonchev–Trinajstić information content (AvgIpc) is 2.49. The summed E-state index contributed by atoms with van der Waals surface area (Å²) in [6.45, 7) is -0.0501. The fourth-order valence-corrected chi connectivity index (χ4v) is 2.16. The van der Waals surface area contributed by atoms with Gasteiger partial charge in [0.15, 0.2) is 11.6 Å². The van der Waals surface area contributed by atoms with Gasteiger partial charge in [0.05, 0.1) is 18.7 Å². The first-order valence-electron chi connectivity index (χ1n) is 5.89. The highest BCUT2D eigenvalue weighted by atomic mass is 79.9. The second-order valence-corrected chi connectivity index (χ2v) is 5.04. The van der Waals surface area contributed by atoms with Gasteiger partial charge >= 0.3 is 0 Å². The van der Waals surface area contributed by atoms with Crippen LogP contribution in [0.25, 0.3) is 0 Å². The Kier molecular flexibility index (Phi) is 4.76. The fraction of sp³-hybridized carbons (Fsp3) is 0.133. The Bertz CT molecular complexity index is 714. The zero-order valence-corrected chi connectivity index (χ0v) is 12.6. The van der Waals surface area contributed by atoms with E-state index in [1.165, 1.54) is 13.2 Å². The molecule has 0 amide bonds. The van der Waals surface area contributed by atoms with Gasteiger partial charge in [0.2, 0.25) is 5.82 Å². The fourth-order valence-electron chi connectivity index (χ4n) is 1.75. The Morgan fingerprint density at radius 3 is 2.62 bits per heavy atom. The Morgan fingerprint density at radius 2 is 1.95 bits per heavy atom. The zero-order valence-electron chi connectivity index (χ0n) is 11.0. The van der Waals surface area contributed by atoms with Crippen molar-refractivity contribution in [3.8, 4) is 17.6 Å². The molecule has 0 radical (unpaired) electrons. The van der Waals surface area contributed by atoms with Crippen LogP contribution in [0, 0.1) is 23.0 Å². The van der Waals surface area contributed by atoms with Crippen molar-refractivity contribution in [3.63, 3.8) is 0 Å². The van der Waals surface area contributed by atoms with E-state index in [1.54, 1.807) is 18.2 Å².